The van der Waals surface area contributed by atoms with Crippen molar-refractivity contribution in [3.63, 3.8) is 0 Å². The number of halogens is 2. The maximum absolute atomic E-state index is 12.7. The molecular formula is C19H15Cl2N3O3S. The molecule has 1 heterocycles. The fourth-order valence-electron chi connectivity index (χ4n) is 2.40. The van der Waals surface area contributed by atoms with Gasteiger partial charge in [0.1, 0.15) is 0 Å². The highest BCUT2D eigenvalue weighted by atomic mass is 35.5. The van der Waals surface area contributed by atoms with E-state index in [-0.39, 0.29) is 19.8 Å². The van der Waals surface area contributed by atoms with E-state index in [0.717, 1.165) is 5.56 Å². The van der Waals surface area contributed by atoms with Crippen molar-refractivity contribution >= 4 is 44.8 Å². The Morgan fingerprint density at radius 3 is 2.25 bits per heavy atom. The van der Waals surface area contributed by atoms with Crippen molar-refractivity contribution in [1.29, 1.82) is 0 Å². The lowest BCUT2D eigenvalue weighted by Crippen LogP contribution is -2.28. The standard InChI is InChI=1S/C19H15Cl2N3O3S/c20-14-8-15(21)10-18(9-14)28(26,27)17-5-3-16(4-6-17)24-19(25)23-12-13-2-1-7-22-11-13/h1-11H,12H2,(H2,23,24,25). The summed E-state index contributed by atoms with van der Waals surface area (Å²) in [6.07, 6.45) is 3.30. The minimum atomic E-state index is -3.78. The summed E-state index contributed by atoms with van der Waals surface area (Å²) in [5.74, 6) is 0. The molecule has 0 unspecified atom stereocenters. The molecule has 0 aliphatic rings. The fourth-order valence-corrected chi connectivity index (χ4v) is 4.38. The lowest BCUT2D eigenvalue weighted by atomic mass is 10.3. The molecule has 3 aromatic rings. The van der Waals surface area contributed by atoms with Gasteiger partial charge in [-0.3, -0.25) is 4.98 Å². The lowest BCUT2D eigenvalue weighted by molar-refractivity contribution is 0.251. The maximum Gasteiger partial charge on any atom is 0.319 e. The normalized spacial score (nSPS) is 11.1. The van der Waals surface area contributed by atoms with Crippen LogP contribution in [0.25, 0.3) is 0 Å². The van der Waals surface area contributed by atoms with Gasteiger partial charge in [0.25, 0.3) is 0 Å². The van der Waals surface area contributed by atoms with Crippen molar-refractivity contribution in [3.8, 4) is 0 Å². The van der Waals surface area contributed by atoms with Crippen LogP contribution in [0, 0.1) is 0 Å². The number of pyridine rings is 1. The van der Waals surface area contributed by atoms with Crippen LogP contribution in [0.15, 0.2) is 76.8 Å². The number of carbonyl (C=O) groups excluding carboxylic acids is 1. The van der Waals surface area contributed by atoms with Gasteiger partial charge in [-0.05, 0) is 54.1 Å². The van der Waals surface area contributed by atoms with Gasteiger partial charge in [0.05, 0.1) is 9.79 Å². The molecule has 3 rings (SSSR count). The van der Waals surface area contributed by atoms with Crippen LogP contribution in [-0.2, 0) is 16.4 Å². The van der Waals surface area contributed by atoms with Crippen LogP contribution < -0.4 is 10.6 Å². The van der Waals surface area contributed by atoms with Crippen LogP contribution in [0.3, 0.4) is 0 Å². The number of aromatic nitrogens is 1. The molecule has 2 N–H and O–H groups in total. The molecule has 9 heteroatoms. The van der Waals surface area contributed by atoms with Gasteiger partial charge in [0.2, 0.25) is 9.84 Å². The summed E-state index contributed by atoms with van der Waals surface area (Å²) < 4.78 is 25.4. The summed E-state index contributed by atoms with van der Waals surface area (Å²) in [4.78, 5) is 16.0. The molecule has 0 fully saturated rings. The molecule has 28 heavy (non-hydrogen) atoms. The number of benzene rings is 2. The van der Waals surface area contributed by atoms with E-state index < -0.39 is 15.9 Å². The number of hydrogen-bond acceptors (Lipinski definition) is 4. The second-order valence-corrected chi connectivity index (χ2v) is 8.62. The fraction of sp³-hybridized carbons (Fsp3) is 0.0526. The highest BCUT2D eigenvalue weighted by Crippen LogP contribution is 2.27. The SMILES string of the molecule is O=C(NCc1cccnc1)Nc1ccc(S(=O)(=O)c2cc(Cl)cc(Cl)c2)cc1. The maximum atomic E-state index is 12.7. The number of urea groups is 1. The Balaban J connectivity index is 1.68. The minimum absolute atomic E-state index is 0.0000715. The number of nitrogens with zero attached hydrogens (tertiary/aromatic N) is 1. The molecule has 1 aromatic heterocycles. The molecule has 0 aliphatic carbocycles. The molecule has 0 bridgehead atoms. The molecular weight excluding hydrogens is 421 g/mol. The van der Waals surface area contributed by atoms with Gasteiger partial charge in [-0.25, -0.2) is 13.2 Å². The first-order chi connectivity index (χ1) is 13.3. The summed E-state index contributed by atoms with van der Waals surface area (Å²) in [6, 6.07) is 13.1. The molecule has 0 spiro atoms. The van der Waals surface area contributed by atoms with Gasteiger partial charge in [-0.1, -0.05) is 29.3 Å². The zero-order valence-corrected chi connectivity index (χ0v) is 16.7. The van der Waals surface area contributed by atoms with E-state index in [9.17, 15) is 13.2 Å². The lowest BCUT2D eigenvalue weighted by Gasteiger charge is -2.09. The van der Waals surface area contributed by atoms with Gasteiger partial charge >= 0.3 is 6.03 Å². The molecule has 0 aliphatic heterocycles. The monoisotopic (exact) mass is 435 g/mol. The summed E-state index contributed by atoms with van der Waals surface area (Å²) >= 11 is 11.8. The summed E-state index contributed by atoms with van der Waals surface area (Å²) in [5, 5.41) is 5.80. The van der Waals surface area contributed by atoms with Crippen LogP contribution in [0.4, 0.5) is 10.5 Å². The van der Waals surface area contributed by atoms with E-state index in [4.69, 9.17) is 23.2 Å². The van der Waals surface area contributed by atoms with E-state index in [1.54, 1.807) is 18.5 Å². The molecule has 0 saturated carbocycles. The highest BCUT2D eigenvalue weighted by Gasteiger charge is 2.19. The molecule has 6 nitrogen and oxygen atoms in total. The highest BCUT2D eigenvalue weighted by molar-refractivity contribution is 7.91. The van der Waals surface area contributed by atoms with Crippen LogP contribution in [0.1, 0.15) is 5.56 Å². The molecule has 2 amide bonds. The predicted octanol–water partition coefficient (Wildman–Crippen LogP) is 4.54. The third-order valence-electron chi connectivity index (χ3n) is 3.74. The van der Waals surface area contributed by atoms with Crippen molar-refractivity contribution in [2.75, 3.05) is 5.32 Å². The van der Waals surface area contributed by atoms with Crippen LogP contribution in [0.2, 0.25) is 10.0 Å². The van der Waals surface area contributed by atoms with Gasteiger partial charge < -0.3 is 10.6 Å². The van der Waals surface area contributed by atoms with Crippen molar-refractivity contribution in [2.24, 2.45) is 0 Å². The Bertz CT molecular complexity index is 1070. The van der Waals surface area contributed by atoms with E-state index >= 15 is 0 Å². The van der Waals surface area contributed by atoms with Gasteiger partial charge in [0.15, 0.2) is 0 Å². The van der Waals surface area contributed by atoms with Crippen LogP contribution in [-0.4, -0.2) is 19.4 Å². The second-order valence-electron chi connectivity index (χ2n) is 5.80. The van der Waals surface area contributed by atoms with Crippen molar-refractivity contribution < 1.29 is 13.2 Å². The smallest absolute Gasteiger partial charge is 0.319 e. The molecule has 0 radical (unpaired) electrons. The minimum Gasteiger partial charge on any atom is -0.334 e. The predicted molar refractivity (Wildman–Crippen MR) is 108 cm³/mol. The summed E-state index contributed by atoms with van der Waals surface area (Å²) in [5.41, 5.74) is 1.31. The first kappa shape index (κ1) is 20.1. The van der Waals surface area contributed by atoms with E-state index in [2.05, 4.69) is 15.6 Å². The Labute approximate surface area is 172 Å². The first-order valence-corrected chi connectivity index (χ1v) is 10.3. The first-order valence-electron chi connectivity index (χ1n) is 8.09. The molecule has 0 atom stereocenters. The van der Waals surface area contributed by atoms with E-state index in [1.165, 1.54) is 42.5 Å². The van der Waals surface area contributed by atoms with Crippen molar-refractivity contribution in [2.45, 2.75) is 16.3 Å². The van der Waals surface area contributed by atoms with Crippen LogP contribution >= 0.6 is 23.2 Å². The second kappa shape index (κ2) is 8.60. The molecule has 144 valence electrons. The number of rotatable bonds is 5. The molecule has 2 aromatic carbocycles. The third-order valence-corrected chi connectivity index (χ3v) is 5.93. The Hall–Kier alpha value is -2.61. The molecule has 0 saturated heterocycles. The van der Waals surface area contributed by atoms with Gasteiger partial charge in [-0.2, -0.15) is 0 Å². The quantitative estimate of drug-likeness (QED) is 0.615. The largest absolute Gasteiger partial charge is 0.334 e. The number of nitrogens with one attached hydrogen (secondary N) is 2. The Morgan fingerprint density at radius 2 is 1.64 bits per heavy atom. The average Bonchev–Trinajstić information content (AvgIpc) is 2.67. The number of carbonyl (C=O) groups is 1. The average molecular weight is 436 g/mol. The third kappa shape index (κ3) is 5.01. The zero-order valence-electron chi connectivity index (χ0n) is 14.4. The summed E-state index contributed by atoms with van der Waals surface area (Å²) in [7, 11) is -3.78. The zero-order chi connectivity index (χ0) is 20.1. The van der Waals surface area contributed by atoms with E-state index in [1.807, 2.05) is 6.07 Å². The van der Waals surface area contributed by atoms with Gasteiger partial charge in [-0.15, -0.1) is 0 Å². The Kier molecular flexibility index (Phi) is 6.18. The number of amides is 2. The number of sulfone groups is 1. The topological polar surface area (TPSA) is 88.2 Å². The Morgan fingerprint density at radius 1 is 0.964 bits per heavy atom. The summed E-state index contributed by atoms with van der Waals surface area (Å²) in [6.45, 7) is 0.321. The van der Waals surface area contributed by atoms with Gasteiger partial charge in [0, 0.05) is 34.7 Å². The van der Waals surface area contributed by atoms with E-state index in [0.29, 0.717) is 12.2 Å². The number of anilines is 1. The number of hydrogen-bond donors (Lipinski definition) is 2. The van der Waals surface area contributed by atoms with Crippen molar-refractivity contribution in [1.82, 2.24) is 10.3 Å². The van der Waals surface area contributed by atoms with Crippen molar-refractivity contribution in [3.05, 3.63) is 82.6 Å². The van der Waals surface area contributed by atoms with Crippen LogP contribution in [0.5, 0.6) is 0 Å².